The first-order valence-corrected chi connectivity index (χ1v) is 8.02. The van der Waals surface area contributed by atoms with Crippen LogP contribution in [-0.2, 0) is 10.0 Å². The number of sulfonamides is 1. The summed E-state index contributed by atoms with van der Waals surface area (Å²) < 4.78 is 26.4. The molecule has 0 saturated carbocycles. The average Bonchev–Trinajstić information content (AvgIpc) is 2.39. The Morgan fingerprint density at radius 1 is 1.10 bits per heavy atom. The van der Waals surface area contributed by atoms with Crippen LogP contribution in [0.2, 0.25) is 0 Å². The Bertz CT molecular complexity index is 732. The Morgan fingerprint density at radius 3 is 2.33 bits per heavy atom. The van der Waals surface area contributed by atoms with Gasteiger partial charge < -0.3 is 5.73 Å². The molecular weight excluding hydrogens is 286 g/mol. The molecule has 0 atom stereocenters. The second-order valence-electron chi connectivity index (χ2n) is 5.74. The third kappa shape index (κ3) is 3.33. The summed E-state index contributed by atoms with van der Waals surface area (Å²) >= 11 is 0. The predicted octanol–water partition coefficient (Wildman–Crippen LogP) is 2.87. The van der Waals surface area contributed by atoms with E-state index in [-0.39, 0.29) is 0 Å². The molecule has 0 amide bonds. The molecule has 0 fully saturated rings. The number of benzene rings is 1. The van der Waals surface area contributed by atoms with Gasteiger partial charge in [-0.25, -0.2) is 13.4 Å². The molecule has 3 N–H and O–H groups in total. The number of hydrogen-bond donors (Lipinski definition) is 2. The minimum absolute atomic E-state index is 0.423. The Labute approximate surface area is 125 Å². The summed E-state index contributed by atoms with van der Waals surface area (Å²) in [4.78, 5) is 4.04. The number of para-hydroxylation sites is 1. The molecule has 1 heterocycles. The molecule has 1 aromatic heterocycles. The van der Waals surface area contributed by atoms with Crippen LogP contribution in [0.25, 0.3) is 11.1 Å². The highest BCUT2D eigenvalue weighted by Gasteiger charge is 2.29. The summed E-state index contributed by atoms with van der Waals surface area (Å²) in [6.07, 6.45) is 1.62. The molecule has 21 heavy (non-hydrogen) atoms. The Kier molecular flexibility index (Phi) is 3.91. The standard InChI is InChI=1S/C15H19N3O2S/c1-15(2,3)21(19,20)18-13-7-5-4-6-12(13)11-8-9-14(16)17-10-11/h4-10,18H,1-3H3,(H2,16,17). The minimum Gasteiger partial charge on any atom is -0.384 e. The van der Waals surface area contributed by atoms with Crippen LogP contribution in [0.3, 0.4) is 0 Å². The monoisotopic (exact) mass is 305 g/mol. The Balaban J connectivity index is 2.45. The summed E-state index contributed by atoms with van der Waals surface area (Å²) in [6.45, 7) is 4.97. The molecule has 0 aliphatic carbocycles. The lowest BCUT2D eigenvalue weighted by molar-refractivity contribution is 0.566. The fourth-order valence-electron chi connectivity index (χ4n) is 1.69. The molecule has 1 aromatic carbocycles. The highest BCUT2D eigenvalue weighted by molar-refractivity contribution is 7.94. The highest BCUT2D eigenvalue weighted by atomic mass is 32.2. The minimum atomic E-state index is -3.48. The van der Waals surface area contributed by atoms with E-state index in [1.807, 2.05) is 18.2 Å². The third-order valence-corrected chi connectivity index (χ3v) is 5.18. The van der Waals surface area contributed by atoms with Crippen molar-refractivity contribution < 1.29 is 8.42 Å². The summed E-state index contributed by atoms with van der Waals surface area (Å²) in [7, 11) is -3.48. The van der Waals surface area contributed by atoms with Crippen molar-refractivity contribution in [2.45, 2.75) is 25.5 Å². The lowest BCUT2D eigenvalue weighted by Crippen LogP contribution is -2.33. The van der Waals surface area contributed by atoms with Gasteiger partial charge in [-0.2, -0.15) is 0 Å². The van der Waals surface area contributed by atoms with Gasteiger partial charge in [0.25, 0.3) is 0 Å². The zero-order chi connectivity index (χ0) is 15.7. The molecule has 0 spiro atoms. The average molecular weight is 305 g/mol. The zero-order valence-electron chi connectivity index (χ0n) is 12.3. The maximum absolute atomic E-state index is 12.3. The van der Waals surface area contributed by atoms with Gasteiger partial charge in [0.1, 0.15) is 5.82 Å². The van der Waals surface area contributed by atoms with E-state index in [9.17, 15) is 8.42 Å². The van der Waals surface area contributed by atoms with Gasteiger partial charge in [-0.3, -0.25) is 4.72 Å². The van der Waals surface area contributed by atoms with E-state index in [0.29, 0.717) is 11.5 Å². The van der Waals surface area contributed by atoms with Crippen LogP contribution < -0.4 is 10.5 Å². The molecular formula is C15H19N3O2S. The first-order valence-electron chi connectivity index (χ1n) is 6.54. The molecule has 0 aliphatic heterocycles. The van der Waals surface area contributed by atoms with Crippen molar-refractivity contribution in [2.75, 3.05) is 10.5 Å². The van der Waals surface area contributed by atoms with E-state index in [1.54, 1.807) is 45.2 Å². The van der Waals surface area contributed by atoms with Gasteiger partial charge in [0.15, 0.2) is 0 Å². The largest absolute Gasteiger partial charge is 0.384 e. The van der Waals surface area contributed by atoms with Crippen molar-refractivity contribution in [3.63, 3.8) is 0 Å². The maximum atomic E-state index is 12.3. The van der Waals surface area contributed by atoms with E-state index in [4.69, 9.17) is 5.73 Å². The first-order chi connectivity index (χ1) is 9.71. The molecule has 2 aromatic rings. The van der Waals surface area contributed by atoms with Crippen LogP contribution in [0.4, 0.5) is 11.5 Å². The number of pyridine rings is 1. The number of nitrogens with two attached hydrogens (primary N) is 1. The Hall–Kier alpha value is -2.08. The molecule has 2 rings (SSSR count). The van der Waals surface area contributed by atoms with Crippen molar-refractivity contribution in [1.82, 2.24) is 4.98 Å². The van der Waals surface area contributed by atoms with Gasteiger partial charge in [0, 0.05) is 17.3 Å². The van der Waals surface area contributed by atoms with Crippen molar-refractivity contribution in [3.8, 4) is 11.1 Å². The summed E-state index contributed by atoms with van der Waals surface area (Å²) in [6, 6.07) is 10.7. The normalized spacial score (nSPS) is 12.1. The van der Waals surface area contributed by atoms with Gasteiger partial charge >= 0.3 is 0 Å². The van der Waals surface area contributed by atoms with E-state index in [1.165, 1.54) is 0 Å². The topological polar surface area (TPSA) is 85.1 Å². The molecule has 5 nitrogen and oxygen atoms in total. The summed E-state index contributed by atoms with van der Waals surface area (Å²) in [5.41, 5.74) is 7.67. The number of nitrogen functional groups attached to an aromatic ring is 1. The second kappa shape index (κ2) is 5.37. The van der Waals surface area contributed by atoms with Gasteiger partial charge in [0.2, 0.25) is 10.0 Å². The van der Waals surface area contributed by atoms with E-state index < -0.39 is 14.8 Å². The first kappa shape index (κ1) is 15.3. The molecule has 0 radical (unpaired) electrons. The van der Waals surface area contributed by atoms with Crippen molar-refractivity contribution >= 4 is 21.5 Å². The summed E-state index contributed by atoms with van der Waals surface area (Å²) in [5, 5.41) is 0. The zero-order valence-corrected chi connectivity index (χ0v) is 13.1. The Morgan fingerprint density at radius 2 is 1.76 bits per heavy atom. The van der Waals surface area contributed by atoms with Crippen LogP contribution in [-0.4, -0.2) is 18.1 Å². The van der Waals surface area contributed by atoms with Crippen LogP contribution in [0.15, 0.2) is 42.6 Å². The van der Waals surface area contributed by atoms with Crippen molar-refractivity contribution in [2.24, 2.45) is 0 Å². The SMILES string of the molecule is CC(C)(C)S(=O)(=O)Nc1ccccc1-c1ccc(N)nc1. The van der Waals surface area contributed by atoms with E-state index in [2.05, 4.69) is 9.71 Å². The fraction of sp³-hybridized carbons (Fsp3) is 0.267. The quantitative estimate of drug-likeness (QED) is 0.913. The number of aromatic nitrogens is 1. The molecule has 0 bridgehead atoms. The van der Waals surface area contributed by atoms with Crippen LogP contribution in [0, 0.1) is 0 Å². The number of hydrogen-bond acceptors (Lipinski definition) is 4. The predicted molar refractivity (Wildman–Crippen MR) is 86.4 cm³/mol. The van der Waals surface area contributed by atoms with Gasteiger partial charge in [-0.15, -0.1) is 0 Å². The van der Waals surface area contributed by atoms with Crippen LogP contribution in [0.5, 0.6) is 0 Å². The molecule has 0 saturated heterocycles. The van der Waals surface area contributed by atoms with Crippen molar-refractivity contribution in [1.29, 1.82) is 0 Å². The van der Waals surface area contributed by atoms with Crippen molar-refractivity contribution in [3.05, 3.63) is 42.6 Å². The summed E-state index contributed by atoms with van der Waals surface area (Å²) in [5.74, 6) is 0.423. The van der Waals surface area contributed by atoms with E-state index >= 15 is 0 Å². The third-order valence-electron chi connectivity index (χ3n) is 3.07. The lowest BCUT2D eigenvalue weighted by Gasteiger charge is -2.21. The maximum Gasteiger partial charge on any atom is 0.237 e. The van der Waals surface area contributed by atoms with Gasteiger partial charge in [-0.05, 0) is 39.0 Å². The number of nitrogens with zero attached hydrogens (tertiary/aromatic N) is 1. The van der Waals surface area contributed by atoms with Gasteiger partial charge in [0.05, 0.1) is 10.4 Å². The number of nitrogens with one attached hydrogen (secondary N) is 1. The highest BCUT2D eigenvalue weighted by Crippen LogP contribution is 2.30. The lowest BCUT2D eigenvalue weighted by atomic mass is 10.1. The number of rotatable bonds is 3. The smallest absolute Gasteiger partial charge is 0.237 e. The van der Waals surface area contributed by atoms with E-state index in [0.717, 1.165) is 11.1 Å². The van der Waals surface area contributed by atoms with Crippen LogP contribution in [0.1, 0.15) is 20.8 Å². The molecule has 0 unspecified atom stereocenters. The van der Waals surface area contributed by atoms with Gasteiger partial charge in [-0.1, -0.05) is 18.2 Å². The molecule has 0 aliphatic rings. The fourth-order valence-corrected chi connectivity index (χ4v) is 2.46. The molecule has 112 valence electrons. The number of anilines is 2. The molecule has 6 heteroatoms. The van der Waals surface area contributed by atoms with Crippen LogP contribution >= 0.6 is 0 Å². The second-order valence-corrected chi connectivity index (χ2v) is 8.17.